The van der Waals surface area contributed by atoms with Gasteiger partial charge in [-0.2, -0.15) is 0 Å². The molecule has 0 radical (unpaired) electrons. The summed E-state index contributed by atoms with van der Waals surface area (Å²) >= 11 is 1.43. The van der Waals surface area contributed by atoms with Crippen LogP contribution in [0, 0.1) is 5.41 Å². The van der Waals surface area contributed by atoms with Crippen LogP contribution >= 0.6 is 23.7 Å². The summed E-state index contributed by atoms with van der Waals surface area (Å²) < 4.78 is 0. The topological polar surface area (TPSA) is 61.4 Å². The number of nitrogens with one attached hydrogen (secondary N) is 2. The molecule has 7 heteroatoms. The number of piperidine rings is 1. The lowest BCUT2D eigenvalue weighted by molar-refractivity contribution is 0.0607. The third kappa shape index (κ3) is 4.57. The second-order valence-corrected chi connectivity index (χ2v) is 8.52. The fraction of sp³-hybridized carbons (Fsp3) is 0.429. The molecule has 2 aliphatic heterocycles. The first-order valence-corrected chi connectivity index (χ1v) is 10.4. The number of rotatable bonds is 4. The number of thiophene rings is 1. The zero-order chi connectivity index (χ0) is 18.7. The molecule has 2 saturated heterocycles. The predicted octanol–water partition coefficient (Wildman–Crippen LogP) is 3.32. The van der Waals surface area contributed by atoms with Gasteiger partial charge in [-0.1, -0.05) is 18.2 Å². The molecule has 2 N–H and O–H groups in total. The number of nitrogens with zero attached hydrogens (tertiary/aromatic N) is 1. The van der Waals surface area contributed by atoms with Crippen LogP contribution in [0.15, 0.2) is 41.8 Å². The van der Waals surface area contributed by atoms with Crippen molar-refractivity contribution in [2.75, 3.05) is 26.2 Å². The van der Waals surface area contributed by atoms with Crippen molar-refractivity contribution in [1.29, 1.82) is 0 Å². The molecule has 150 valence electrons. The average Bonchev–Trinajstić information content (AvgIpc) is 3.39. The SMILES string of the molecule is Cl.O=C(NCc1ccc(C(=O)N2CCC3(CCNC3)CC2)cc1)c1cccs1. The predicted molar refractivity (Wildman–Crippen MR) is 114 cm³/mol. The summed E-state index contributed by atoms with van der Waals surface area (Å²) in [5.74, 6) is 0.0544. The fourth-order valence-electron chi connectivity index (χ4n) is 4.03. The summed E-state index contributed by atoms with van der Waals surface area (Å²) in [5, 5.41) is 8.26. The van der Waals surface area contributed by atoms with Crippen LogP contribution in [0.25, 0.3) is 0 Å². The van der Waals surface area contributed by atoms with E-state index in [-0.39, 0.29) is 24.2 Å². The third-order valence-corrected chi connectivity index (χ3v) is 6.71. The van der Waals surface area contributed by atoms with E-state index in [1.807, 2.05) is 46.7 Å². The van der Waals surface area contributed by atoms with Crippen molar-refractivity contribution >= 4 is 35.6 Å². The Kier molecular flexibility index (Phi) is 6.75. The zero-order valence-corrected chi connectivity index (χ0v) is 17.4. The van der Waals surface area contributed by atoms with E-state index in [2.05, 4.69) is 10.6 Å². The molecule has 0 atom stereocenters. The highest BCUT2D eigenvalue weighted by molar-refractivity contribution is 7.12. The second-order valence-electron chi connectivity index (χ2n) is 7.58. The largest absolute Gasteiger partial charge is 0.347 e. The molecule has 0 bridgehead atoms. The van der Waals surface area contributed by atoms with Gasteiger partial charge in [-0.3, -0.25) is 9.59 Å². The van der Waals surface area contributed by atoms with Crippen LogP contribution in [0.5, 0.6) is 0 Å². The number of hydrogen-bond acceptors (Lipinski definition) is 4. The lowest BCUT2D eigenvalue weighted by Gasteiger charge is -2.38. The second kappa shape index (κ2) is 9.07. The number of carbonyl (C=O) groups is 2. The monoisotopic (exact) mass is 419 g/mol. The number of hydrogen-bond donors (Lipinski definition) is 2. The van der Waals surface area contributed by atoms with E-state index in [1.165, 1.54) is 17.8 Å². The lowest BCUT2D eigenvalue weighted by atomic mass is 9.78. The molecule has 1 aromatic carbocycles. The quantitative estimate of drug-likeness (QED) is 0.799. The van der Waals surface area contributed by atoms with Gasteiger partial charge in [0.25, 0.3) is 11.8 Å². The number of halogens is 1. The number of carbonyl (C=O) groups excluding carboxylic acids is 2. The van der Waals surface area contributed by atoms with E-state index >= 15 is 0 Å². The van der Waals surface area contributed by atoms with Crippen molar-refractivity contribution < 1.29 is 9.59 Å². The zero-order valence-electron chi connectivity index (χ0n) is 15.8. The summed E-state index contributed by atoms with van der Waals surface area (Å²) in [6.07, 6.45) is 3.43. The van der Waals surface area contributed by atoms with Crippen LogP contribution in [0.4, 0.5) is 0 Å². The maximum absolute atomic E-state index is 12.8. The van der Waals surface area contributed by atoms with Gasteiger partial charge in [0.2, 0.25) is 0 Å². The molecule has 28 heavy (non-hydrogen) atoms. The van der Waals surface area contributed by atoms with Crippen LogP contribution in [-0.2, 0) is 6.54 Å². The molecule has 2 aromatic rings. The van der Waals surface area contributed by atoms with Crippen molar-refractivity contribution in [1.82, 2.24) is 15.5 Å². The number of amides is 2. The molecule has 2 fully saturated rings. The molecule has 1 aromatic heterocycles. The Morgan fingerprint density at radius 2 is 1.86 bits per heavy atom. The van der Waals surface area contributed by atoms with Crippen LogP contribution in [0.1, 0.15) is 44.9 Å². The summed E-state index contributed by atoms with van der Waals surface area (Å²) in [7, 11) is 0. The van der Waals surface area contributed by atoms with Gasteiger partial charge in [-0.25, -0.2) is 0 Å². The number of benzene rings is 1. The molecule has 0 unspecified atom stereocenters. The maximum Gasteiger partial charge on any atom is 0.261 e. The first-order valence-electron chi connectivity index (χ1n) is 9.56. The molecule has 4 rings (SSSR count). The van der Waals surface area contributed by atoms with Gasteiger partial charge < -0.3 is 15.5 Å². The molecule has 2 amide bonds. The summed E-state index contributed by atoms with van der Waals surface area (Å²) in [5.41, 5.74) is 2.14. The van der Waals surface area contributed by atoms with E-state index in [0.29, 0.717) is 16.8 Å². The highest BCUT2D eigenvalue weighted by Gasteiger charge is 2.38. The Morgan fingerprint density at radius 3 is 2.46 bits per heavy atom. The van der Waals surface area contributed by atoms with Crippen LogP contribution in [-0.4, -0.2) is 42.9 Å². The third-order valence-electron chi connectivity index (χ3n) is 5.84. The van der Waals surface area contributed by atoms with Gasteiger partial charge >= 0.3 is 0 Å². The van der Waals surface area contributed by atoms with Crippen LogP contribution in [0.3, 0.4) is 0 Å². The van der Waals surface area contributed by atoms with E-state index in [0.717, 1.165) is 50.1 Å². The van der Waals surface area contributed by atoms with Gasteiger partial charge in [0.1, 0.15) is 0 Å². The maximum atomic E-state index is 12.8. The van der Waals surface area contributed by atoms with Crippen molar-refractivity contribution in [2.24, 2.45) is 5.41 Å². The molecular weight excluding hydrogens is 394 g/mol. The van der Waals surface area contributed by atoms with Gasteiger partial charge in [0.05, 0.1) is 4.88 Å². The Balaban J connectivity index is 0.00000225. The number of likely N-dealkylation sites (tertiary alicyclic amines) is 1. The summed E-state index contributed by atoms with van der Waals surface area (Å²) in [6, 6.07) is 11.3. The first-order chi connectivity index (χ1) is 13.2. The Hall–Kier alpha value is -1.89. The Morgan fingerprint density at radius 1 is 1.11 bits per heavy atom. The molecule has 0 saturated carbocycles. The highest BCUT2D eigenvalue weighted by atomic mass is 35.5. The smallest absolute Gasteiger partial charge is 0.261 e. The standard InChI is InChI=1S/C21H25N3O2S.ClH/c25-19(18-2-1-13-27-18)23-14-16-3-5-17(6-4-16)20(26)24-11-8-21(9-12-24)7-10-22-15-21;/h1-6,13,22H,7-12,14-15H2,(H,23,25);1H. The summed E-state index contributed by atoms with van der Waals surface area (Å²) in [4.78, 5) is 27.5. The molecule has 1 spiro atoms. The molecular formula is C21H26ClN3O2S. The van der Waals surface area contributed by atoms with Crippen LogP contribution in [0.2, 0.25) is 0 Å². The minimum atomic E-state index is -0.0613. The Labute approximate surface area is 175 Å². The van der Waals surface area contributed by atoms with E-state index in [9.17, 15) is 9.59 Å². The van der Waals surface area contributed by atoms with Crippen molar-refractivity contribution in [3.8, 4) is 0 Å². The van der Waals surface area contributed by atoms with Crippen molar-refractivity contribution in [3.63, 3.8) is 0 Å². The van der Waals surface area contributed by atoms with Crippen molar-refractivity contribution in [2.45, 2.75) is 25.8 Å². The van der Waals surface area contributed by atoms with Gasteiger partial charge in [-0.15, -0.1) is 23.7 Å². The highest BCUT2D eigenvalue weighted by Crippen LogP contribution is 2.37. The van der Waals surface area contributed by atoms with Gasteiger partial charge in [0.15, 0.2) is 0 Å². The molecule has 2 aliphatic rings. The molecule has 0 aliphatic carbocycles. The van der Waals surface area contributed by atoms with Gasteiger partial charge in [0, 0.05) is 31.7 Å². The average molecular weight is 420 g/mol. The molecule has 5 nitrogen and oxygen atoms in total. The fourth-order valence-corrected chi connectivity index (χ4v) is 4.67. The van der Waals surface area contributed by atoms with Crippen molar-refractivity contribution in [3.05, 3.63) is 57.8 Å². The van der Waals surface area contributed by atoms with E-state index in [4.69, 9.17) is 0 Å². The first kappa shape index (κ1) is 20.8. The summed E-state index contributed by atoms with van der Waals surface area (Å²) in [6.45, 7) is 4.36. The van der Waals surface area contributed by atoms with Gasteiger partial charge in [-0.05, 0) is 60.4 Å². The minimum absolute atomic E-state index is 0. The van der Waals surface area contributed by atoms with E-state index < -0.39 is 0 Å². The lowest BCUT2D eigenvalue weighted by Crippen LogP contribution is -2.44. The Bertz CT molecular complexity index is 792. The minimum Gasteiger partial charge on any atom is -0.347 e. The van der Waals surface area contributed by atoms with Crippen LogP contribution < -0.4 is 10.6 Å². The molecule has 3 heterocycles. The van der Waals surface area contributed by atoms with E-state index in [1.54, 1.807) is 0 Å². The normalized spacial score (nSPS) is 17.9.